The minimum atomic E-state index is -0.405. The molecule has 0 fully saturated rings. The Labute approximate surface area is 323 Å². The van der Waals surface area contributed by atoms with Gasteiger partial charge in [-0.3, -0.25) is 0 Å². The molecule has 0 unspecified atom stereocenters. The Hall–Kier alpha value is -7.43. The van der Waals surface area contributed by atoms with E-state index in [1.807, 2.05) is 60.7 Å². The summed E-state index contributed by atoms with van der Waals surface area (Å²) in [6.45, 7) is 0. The zero-order valence-corrected chi connectivity index (χ0v) is 30.1. The van der Waals surface area contributed by atoms with Crippen LogP contribution in [-0.2, 0) is 5.41 Å². The minimum absolute atomic E-state index is 0.405. The van der Waals surface area contributed by atoms with Crippen LogP contribution in [-0.4, -0.2) is 15.0 Å². The molecule has 2 aliphatic rings. The summed E-state index contributed by atoms with van der Waals surface area (Å²) in [5.74, 6) is 1.86. The highest BCUT2D eigenvalue weighted by Crippen LogP contribution is 2.63. The molecule has 0 bridgehead atoms. The zero-order valence-electron chi connectivity index (χ0n) is 30.1. The van der Waals surface area contributed by atoms with Crippen LogP contribution in [0.15, 0.2) is 192 Å². The van der Waals surface area contributed by atoms with Gasteiger partial charge in [-0.05, 0) is 79.9 Å². The molecule has 10 aromatic rings. The van der Waals surface area contributed by atoms with Crippen LogP contribution < -0.4 is 0 Å². The highest BCUT2D eigenvalue weighted by molar-refractivity contribution is 6.13. The van der Waals surface area contributed by atoms with E-state index in [4.69, 9.17) is 19.4 Å². The number of hydrogen-bond donors (Lipinski definition) is 0. The third-order valence-corrected chi connectivity index (χ3v) is 11.8. The molecule has 0 aliphatic heterocycles. The van der Waals surface area contributed by atoms with E-state index in [1.165, 1.54) is 44.5 Å². The van der Waals surface area contributed by atoms with Crippen molar-refractivity contribution in [1.29, 1.82) is 0 Å². The van der Waals surface area contributed by atoms with E-state index in [-0.39, 0.29) is 0 Å². The van der Waals surface area contributed by atoms with E-state index in [9.17, 15) is 0 Å². The fourth-order valence-corrected chi connectivity index (χ4v) is 9.41. The summed E-state index contributed by atoms with van der Waals surface area (Å²) in [7, 11) is 0. The van der Waals surface area contributed by atoms with E-state index < -0.39 is 5.41 Å². The van der Waals surface area contributed by atoms with Crippen molar-refractivity contribution in [1.82, 2.24) is 15.0 Å². The van der Waals surface area contributed by atoms with Gasteiger partial charge in [0, 0.05) is 27.5 Å². The normalized spacial score (nSPS) is 13.1. The van der Waals surface area contributed by atoms with E-state index >= 15 is 0 Å². The lowest BCUT2D eigenvalue weighted by molar-refractivity contribution is 0.669. The van der Waals surface area contributed by atoms with E-state index in [0.29, 0.717) is 17.5 Å². The SMILES string of the molecule is c1ccc(-c2nc(-c3ccccc3)nc(-c3ccc4c(c3)oc3cccc(-c5ccc6c(c5)C5(c7ccccc7-c7ccccc75)c5ccccc5-6)c34)n2)cc1. The van der Waals surface area contributed by atoms with Gasteiger partial charge in [0.05, 0.1) is 5.41 Å². The largest absolute Gasteiger partial charge is 0.456 e. The quantitative estimate of drug-likeness (QED) is 0.182. The number of aromatic nitrogens is 3. The van der Waals surface area contributed by atoms with Crippen molar-refractivity contribution >= 4 is 21.9 Å². The molecule has 0 saturated carbocycles. The molecule has 4 nitrogen and oxygen atoms in total. The standard InChI is InChI=1S/C52H31N3O/c1-3-14-32(15-4-1)49-53-50(33-16-5-2-6-17-33)55-51(54-49)35-27-29-41-47(31-35)56-46-25-13-21-36(48(41)46)34-26-28-40-39-20-9-12-24-44(39)52(45(40)30-34)42-22-10-7-18-37(42)38-19-8-11-23-43(38)52/h1-31H. The first kappa shape index (κ1) is 31.0. The van der Waals surface area contributed by atoms with Crippen molar-refractivity contribution in [2.45, 2.75) is 5.41 Å². The van der Waals surface area contributed by atoms with Crippen LogP contribution in [0.5, 0.6) is 0 Å². The molecular formula is C52H31N3O. The Bertz CT molecular complexity index is 3080. The lowest BCUT2D eigenvalue weighted by atomic mass is 9.70. The molecule has 1 spiro atoms. The summed E-state index contributed by atoms with van der Waals surface area (Å²) in [4.78, 5) is 14.8. The van der Waals surface area contributed by atoms with Gasteiger partial charge >= 0.3 is 0 Å². The van der Waals surface area contributed by atoms with Crippen LogP contribution in [0.2, 0.25) is 0 Å². The molecule has 8 aromatic carbocycles. The molecule has 2 aromatic heterocycles. The van der Waals surface area contributed by atoms with Crippen molar-refractivity contribution < 1.29 is 4.42 Å². The van der Waals surface area contributed by atoms with Crippen molar-refractivity contribution in [3.8, 4) is 67.5 Å². The summed E-state index contributed by atoms with van der Waals surface area (Å²) in [6, 6.07) is 66.8. The molecular weight excluding hydrogens is 683 g/mol. The van der Waals surface area contributed by atoms with Crippen molar-refractivity contribution in [3.63, 3.8) is 0 Å². The van der Waals surface area contributed by atoms with Crippen LogP contribution in [0.1, 0.15) is 22.3 Å². The second-order valence-corrected chi connectivity index (χ2v) is 14.7. The first-order chi connectivity index (χ1) is 27.8. The topological polar surface area (TPSA) is 51.8 Å². The van der Waals surface area contributed by atoms with Gasteiger partial charge in [-0.25, -0.2) is 15.0 Å². The van der Waals surface area contributed by atoms with Crippen LogP contribution in [0, 0.1) is 0 Å². The third kappa shape index (κ3) is 4.32. The van der Waals surface area contributed by atoms with Gasteiger partial charge in [0.1, 0.15) is 11.2 Å². The minimum Gasteiger partial charge on any atom is -0.456 e. The Morgan fingerprint density at radius 2 is 0.804 bits per heavy atom. The highest BCUT2D eigenvalue weighted by Gasteiger charge is 2.51. The number of rotatable bonds is 4. The molecule has 4 heteroatoms. The maximum absolute atomic E-state index is 6.66. The molecule has 260 valence electrons. The lowest BCUT2D eigenvalue weighted by Gasteiger charge is -2.30. The highest BCUT2D eigenvalue weighted by atomic mass is 16.3. The van der Waals surface area contributed by atoms with Gasteiger partial charge in [-0.1, -0.05) is 164 Å². The maximum atomic E-state index is 6.66. The van der Waals surface area contributed by atoms with Crippen LogP contribution in [0.25, 0.3) is 89.5 Å². The predicted octanol–water partition coefficient (Wildman–Crippen LogP) is 12.8. The van der Waals surface area contributed by atoms with E-state index in [1.54, 1.807) is 0 Å². The summed E-state index contributed by atoms with van der Waals surface area (Å²) in [5, 5.41) is 2.14. The molecule has 2 heterocycles. The van der Waals surface area contributed by atoms with Crippen molar-refractivity contribution in [3.05, 3.63) is 210 Å². The Balaban J connectivity index is 1.03. The lowest BCUT2D eigenvalue weighted by Crippen LogP contribution is -2.25. The third-order valence-electron chi connectivity index (χ3n) is 11.8. The molecule has 0 atom stereocenters. The summed E-state index contributed by atoms with van der Waals surface area (Å²) < 4.78 is 6.66. The Morgan fingerprint density at radius 3 is 1.39 bits per heavy atom. The molecule has 0 N–H and O–H groups in total. The van der Waals surface area contributed by atoms with Crippen LogP contribution >= 0.6 is 0 Å². The van der Waals surface area contributed by atoms with Crippen LogP contribution in [0.3, 0.4) is 0 Å². The average Bonchev–Trinajstić information content (AvgIpc) is 3.90. The fourth-order valence-electron chi connectivity index (χ4n) is 9.41. The molecule has 56 heavy (non-hydrogen) atoms. The smallest absolute Gasteiger partial charge is 0.164 e. The predicted molar refractivity (Wildman–Crippen MR) is 225 cm³/mol. The monoisotopic (exact) mass is 713 g/mol. The summed E-state index contributed by atoms with van der Waals surface area (Å²) >= 11 is 0. The molecule has 0 saturated heterocycles. The second kappa shape index (κ2) is 11.8. The molecule has 2 aliphatic carbocycles. The fraction of sp³-hybridized carbons (Fsp3) is 0.0192. The first-order valence-corrected chi connectivity index (χ1v) is 19.0. The van der Waals surface area contributed by atoms with E-state index in [2.05, 4.69) is 127 Å². The number of nitrogens with zero attached hydrogens (tertiary/aromatic N) is 3. The first-order valence-electron chi connectivity index (χ1n) is 19.0. The summed E-state index contributed by atoms with van der Waals surface area (Å²) in [6.07, 6.45) is 0. The van der Waals surface area contributed by atoms with Crippen LogP contribution in [0.4, 0.5) is 0 Å². The summed E-state index contributed by atoms with van der Waals surface area (Å²) in [5.41, 5.74) is 16.8. The van der Waals surface area contributed by atoms with Crippen molar-refractivity contribution in [2.24, 2.45) is 0 Å². The Kier molecular flexibility index (Phi) is 6.52. The van der Waals surface area contributed by atoms with Gasteiger partial charge in [-0.15, -0.1) is 0 Å². The Morgan fingerprint density at radius 1 is 0.321 bits per heavy atom. The van der Waals surface area contributed by atoms with E-state index in [0.717, 1.165) is 49.8 Å². The average molecular weight is 714 g/mol. The maximum Gasteiger partial charge on any atom is 0.164 e. The molecule has 0 radical (unpaired) electrons. The number of furan rings is 1. The molecule has 12 rings (SSSR count). The number of hydrogen-bond acceptors (Lipinski definition) is 4. The van der Waals surface area contributed by atoms with Gasteiger partial charge in [0.25, 0.3) is 0 Å². The zero-order chi connectivity index (χ0) is 36.8. The number of benzene rings is 8. The van der Waals surface area contributed by atoms with Gasteiger partial charge in [0.15, 0.2) is 17.5 Å². The second-order valence-electron chi connectivity index (χ2n) is 14.7. The number of fused-ring (bicyclic) bond motifs is 13. The van der Waals surface area contributed by atoms with Crippen molar-refractivity contribution in [2.75, 3.05) is 0 Å². The van der Waals surface area contributed by atoms with Gasteiger partial charge in [0.2, 0.25) is 0 Å². The molecule has 0 amide bonds. The van der Waals surface area contributed by atoms with Gasteiger partial charge < -0.3 is 4.42 Å². The van der Waals surface area contributed by atoms with Gasteiger partial charge in [-0.2, -0.15) is 0 Å².